The topological polar surface area (TPSA) is 94.8 Å². The van der Waals surface area contributed by atoms with E-state index < -0.39 is 5.91 Å². The van der Waals surface area contributed by atoms with E-state index in [0.29, 0.717) is 44.9 Å². The molecule has 3 N–H and O–H groups in total. The number of nitrogens with one attached hydrogen (secondary N) is 1. The van der Waals surface area contributed by atoms with E-state index in [4.69, 9.17) is 11.6 Å². The van der Waals surface area contributed by atoms with Crippen LogP contribution in [0.3, 0.4) is 0 Å². The number of nitrogens with zero attached hydrogens (tertiary/aromatic N) is 2. The summed E-state index contributed by atoms with van der Waals surface area (Å²) in [4.78, 5) is 17.8. The van der Waals surface area contributed by atoms with Crippen molar-refractivity contribution in [3.8, 4) is 22.8 Å². The normalized spacial score (nSPS) is 11.5. The minimum absolute atomic E-state index is 0.0521. The molecule has 7 heteroatoms. The standard InChI is InChI=1S/C25H20ClN3O3/c1-2-21(19-12-11-17(30)13-24(19)31)28-29-25(32)20-14-23(15-7-9-16(26)10-8-15)27-22-6-4-3-5-18(20)22/h3-14,30-31H,2H2,1H3,(H,29,32). The van der Waals surface area contributed by atoms with Crippen LogP contribution in [0.5, 0.6) is 11.5 Å². The van der Waals surface area contributed by atoms with Crippen LogP contribution in [-0.2, 0) is 0 Å². The molecule has 0 aliphatic rings. The van der Waals surface area contributed by atoms with E-state index in [0.717, 1.165) is 5.56 Å². The molecule has 6 nitrogen and oxygen atoms in total. The predicted molar refractivity (Wildman–Crippen MR) is 126 cm³/mol. The number of carbonyl (C=O) groups excluding carboxylic acids is 1. The second-order valence-corrected chi connectivity index (χ2v) is 7.57. The second-order valence-electron chi connectivity index (χ2n) is 7.13. The zero-order valence-electron chi connectivity index (χ0n) is 17.2. The number of fused-ring (bicyclic) bond motifs is 1. The molecule has 1 amide bonds. The van der Waals surface area contributed by atoms with Crippen LogP contribution < -0.4 is 5.43 Å². The van der Waals surface area contributed by atoms with Gasteiger partial charge in [0.15, 0.2) is 0 Å². The molecular weight excluding hydrogens is 426 g/mol. The molecule has 160 valence electrons. The maximum Gasteiger partial charge on any atom is 0.272 e. The zero-order valence-corrected chi connectivity index (χ0v) is 18.0. The van der Waals surface area contributed by atoms with Gasteiger partial charge in [-0.15, -0.1) is 0 Å². The Kier molecular flexibility index (Phi) is 6.05. The van der Waals surface area contributed by atoms with Gasteiger partial charge in [0.25, 0.3) is 5.91 Å². The molecule has 0 unspecified atom stereocenters. The number of phenolic OH excluding ortho intramolecular Hbond substituents is 2. The lowest BCUT2D eigenvalue weighted by molar-refractivity contribution is 0.0956. The number of phenols is 2. The smallest absolute Gasteiger partial charge is 0.272 e. The van der Waals surface area contributed by atoms with Crippen LogP contribution in [0, 0.1) is 0 Å². The largest absolute Gasteiger partial charge is 0.508 e. The highest BCUT2D eigenvalue weighted by atomic mass is 35.5. The highest BCUT2D eigenvalue weighted by Crippen LogP contribution is 2.27. The SMILES string of the molecule is CCC(=NNC(=O)c1cc(-c2ccc(Cl)cc2)nc2ccccc12)c1ccc(O)cc1O. The van der Waals surface area contributed by atoms with Gasteiger partial charge in [-0.25, -0.2) is 10.4 Å². The van der Waals surface area contributed by atoms with E-state index in [1.165, 1.54) is 12.1 Å². The highest BCUT2D eigenvalue weighted by molar-refractivity contribution is 6.30. The number of benzene rings is 3. The van der Waals surface area contributed by atoms with E-state index >= 15 is 0 Å². The maximum atomic E-state index is 13.1. The van der Waals surface area contributed by atoms with Crippen LogP contribution in [0.25, 0.3) is 22.2 Å². The fourth-order valence-electron chi connectivity index (χ4n) is 3.40. The summed E-state index contributed by atoms with van der Waals surface area (Å²) < 4.78 is 0. The Bertz CT molecular complexity index is 1330. The molecule has 0 aliphatic carbocycles. The van der Waals surface area contributed by atoms with Gasteiger partial charge in [0, 0.05) is 27.6 Å². The first-order chi connectivity index (χ1) is 15.5. The summed E-state index contributed by atoms with van der Waals surface area (Å²) in [6.45, 7) is 1.86. The van der Waals surface area contributed by atoms with Crippen molar-refractivity contribution in [2.75, 3.05) is 0 Å². The van der Waals surface area contributed by atoms with Gasteiger partial charge in [0.05, 0.1) is 22.5 Å². The van der Waals surface area contributed by atoms with Crippen LogP contribution >= 0.6 is 11.6 Å². The second kappa shape index (κ2) is 9.08. The number of amides is 1. The van der Waals surface area contributed by atoms with E-state index in [1.54, 1.807) is 24.3 Å². The Morgan fingerprint density at radius 1 is 1.00 bits per heavy atom. The van der Waals surface area contributed by atoms with Crippen LogP contribution in [0.15, 0.2) is 77.9 Å². The predicted octanol–water partition coefficient (Wildman–Crippen LogP) is 5.51. The monoisotopic (exact) mass is 445 g/mol. The summed E-state index contributed by atoms with van der Waals surface area (Å²) in [6.07, 6.45) is 0.464. The molecule has 0 fully saturated rings. The number of pyridine rings is 1. The van der Waals surface area contributed by atoms with Crippen LogP contribution in [-0.4, -0.2) is 26.8 Å². The first kappa shape index (κ1) is 21.3. The summed E-state index contributed by atoms with van der Waals surface area (Å²) in [5.41, 5.74) is 6.09. The molecular formula is C25H20ClN3O3. The summed E-state index contributed by atoms with van der Waals surface area (Å²) in [7, 11) is 0. The number of hydrogen-bond donors (Lipinski definition) is 3. The van der Waals surface area contributed by atoms with Crippen molar-refractivity contribution in [3.63, 3.8) is 0 Å². The van der Waals surface area contributed by atoms with Gasteiger partial charge in [-0.2, -0.15) is 5.10 Å². The first-order valence-electron chi connectivity index (χ1n) is 10.0. The molecule has 4 aromatic rings. The lowest BCUT2D eigenvalue weighted by Crippen LogP contribution is -2.20. The van der Waals surface area contributed by atoms with Crippen LogP contribution in [0.4, 0.5) is 0 Å². The van der Waals surface area contributed by atoms with Gasteiger partial charge >= 0.3 is 0 Å². The molecule has 0 bridgehead atoms. The Hall–Kier alpha value is -3.90. The quantitative estimate of drug-likeness (QED) is 0.279. The molecule has 0 saturated heterocycles. The van der Waals surface area contributed by atoms with Gasteiger partial charge in [0.2, 0.25) is 0 Å². The fourth-order valence-corrected chi connectivity index (χ4v) is 3.53. The number of hydrogen-bond acceptors (Lipinski definition) is 5. The van der Waals surface area contributed by atoms with Crippen LogP contribution in [0.2, 0.25) is 5.02 Å². The number of hydrazone groups is 1. The fraction of sp³-hybridized carbons (Fsp3) is 0.0800. The summed E-state index contributed by atoms with van der Waals surface area (Å²) in [6, 6.07) is 20.6. The van der Waals surface area contributed by atoms with E-state index in [2.05, 4.69) is 15.5 Å². The number of rotatable bonds is 5. The molecule has 0 aliphatic heterocycles. The first-order valence-corrected chi connectivity index (χ1v) is 10.4. The molecule has 1 heterocycles. The average molecular weight is 446 g/mol. The summed E-state index contributed by atoms with van der Waals surface area (Å²) in [5, 5.41) is 25.2. The Morgan fingerprint density at radius 3 is 2.47 bits per heavy atom. The van der Waals surface area contributed by atoms with Crippen molar-refractivity contribution in [1.29, 1.82) is 0 Å². The van der Waals surface area contributed by atoms with Crippen LogP contribution in [0.1, 0.15) is 29.3 Å². The van der Waals surface area contributed by atoms with Gasteiger partial charge in [-0.1, -0.05) is 48.9 Å². The molecule has 3 aromatic carbocycles. The minimum atomic E-state index is -0.400. The summed E-state index contributed by atoms with van der Waals surface area (Å²) in [5.74, 6) is -0.564. The van der Waals surface area contributed by atoms with Gasteiger partial charge in [-0.05, 0) is 42.8 Å². The Balaban J connectivity index is 1.72. The van der Waals surface area contributed by atoms with Crippen molar-refractivity contribution in [2.24, 2.45) is 5.10 Å². The van der Waals surface area contributed by atoms with Gasteiger partial charge in [0.1, 0.15) is 11.5 Å². The van der Waals surface area contributed by atoms with Gasteiger partial charge < -0.3 is 10.2 Å². The molecule has 0 atom stereocenters. The zero-order chi connectivity index (χ0) is 22.7. The third-order valence-electron chi connectivity index (χ3n) is 5.02. The van der Waals surface area contributed by atoms with Crippen molar-refractivity contribution in [2.45, 2.75) is 13.3 Å². The maximum absolute atomic E-state index is 13.1. The average Bonchev–Trinajstić information content (AvgIpc) is 2.80. The lowest BCUT2D eigenvalue weighted by atomic mass is 10.0. The number of carbonyl (C=O) groups is 1. The molecule has 0 spiro atoms. The molecule has 32 heavy (non-hydrogen) atoms. The third-order valence-corrected chi connectivity index (χ3v) is 5.27. The third kappa shape index (κ3) is 4.40. The van der Waals surface area contributed by atoms with Crippen molar-refractivity contribution >= 4 is 34.1 Å². The van der Waals surface area contributed by atoms with Crippen molar-refractivity contribution in [3.05, 3.63) is 88.9 Å². The summed E-state index contributed by atoms with van der Waals surface area (Å²) >= 11 is 6.00. The number of halogens is 1. The molecule has 1 aromatic heterocycles. The lowest BCUT2D eigenvalue weighted by Gasteiger charge is -2.11. The van der Waals surface area contributed by atoms with E-state index in [-0.39, 0.29) is 11.5 Å². The molecule has 0 radical (unpaired) electrons. The van der Waals surface area contributed by atoms with Crippen molar-refractivity contribution < 1.29 is 15.0 Å². The molecule has 0 saturated carbocycles. The number of aromatic hydroxyl groups is 2. The molecule has 4 rings (SSSR count). The number of aromatic nitrogens is 1. The number of para-hydroxylation sites is 1. The highest BCUT2D eigenvalue weighted by Gasteiger charge is 2.15. The Labute approximate surface area is 189 Å². The van der Waals surface area contributed by atoms with E-state index in [1.807, 2.05) is 43.3 Å². The Morgan fingerprint density at radius 2 is 1.75 bits per heavy atom. The van der Waals surface area contributed by atoms with Gasteiger partial charge in [-0.3, -0.25) is 4.79 Å². The van der Waals surface area contributed by atoms with E-state index in [9.17, 15) is 15.0 Å². The minimum Gasteiger partial charge on any atom is -0.508 e. The van der Waals surface area contributed by atoms with Crippen molar-refractivity contribution in [1.82, 2.24) is 10.4 Å².